The Kier molecular flexibility index (Phi) is 13.5. The van der Waals surface area contributed by atoms with Gasteiger partial charge in [0.25, 0.3) is 0 Å². The molecule has 280 valence electrons. The van der Waals surface area contributed by atoms with Crippen LogP contribution in [0.25, 0.3) is 0 Å². The monoisotopic (exact) mass is 730 g/mol. The molecular formula is C34H59NaO13S. The van der Waals surface area contributed by atoms with E-state index in [1.54, 1.807) is 0 Å². The quantitative estimate of drug-likeness (QED) is 0.0699. The second kappa shape index (κ2) is 15.7. The van der Waals surface area contributed by atoms with Crippen molar-refractivity contribution in [2.45, 2.75) is 147 Å². The van der Waals surface area contributed by atoms with Crippen LogP contribution in [0.2, 0.25) is 0 Å². The van der Waals surface area contributed by atoms with Gasteiger partial charge in [-0.15, -0.1) is 0 Å². The van der Waals surface area contributed by atoms with Crippen molar-refractivity contribution >= 4 is 10.4 Å². The summed E-state index contributed by atoms with van der Waals surface area (Å²) in [5.74, 6) is -1.94. The molecule has 4 aliphatic carbocycles. The average Bonchev–Trinajstić information content (AvgIpc) is 3.21. The molecule has 1 saturated heterocycles. The van der Waals surface area contributed by atoms with Crippen molar-refractivity contribution in [2.75, 3.05) is 13.2 Å². The van der Waals surface area contributed by atoms with Crippen molar-refractivity contribution in [3.05, 3.63) is 0 Å². The Morgan fingerprint density at radius 1 is 0.939 bits per heavy atom. The van der Waals surface area contributed by atoms with E-state index in [2.05, 4.69) is 6.92 Å². The SMILES string of the molecule is CCC(CCC(C)C1[C@@H](O)[C@H](OS(=O)(=O)[O-])C2[C@]1(C)CCC1[C@@]3(C)CC[C@H](O)CC3[C@H](O)C[C@]12O)C(C)COC1OCC(O)C(O)C1O.[Na+]. The summed E-state index contributed by atoms with van der Waals surface area (Å²) >= 11 is 0. The van der Waals surface area contributed by atoms with Crippen molar-refractivity contribution in [3.8, 4) is 0 Å². The number of rotatable bonds is 11. The molecular weight excluding hydrogens is 671 g/mol. The van der Waals surface area contributed by atoms with Crippen molar-refractivity contribution < 1.29 is 91.9 Å². The van der Waals surface area contributed by atoms with Crippen molar-refractivity contribution in [1.82, 2.24) is 0 Å². The van der Waals surface area contributed by atoms with E-state index < -0.39 is 87.7 Å². The minimum Gasteiger partial charge on any atom is -0.726 e. The molecule has 5 fully saturated rings. The topological polar surface area (TPSA) is 226 Å². The minimum atomic E-state index is -5.25. The molecule has 18 atom stereocenters. The Morgan fingerprint density at radius 2 is 1.59 bits per heavy atom. The van der Waals surface area contributed by atoms with Gasteiger partial charge in [0.05, 0.1) is 37.1 Å². The molecule has 0 amide bonds. The Hall–Kier alpha value is 0.510. The Balaban J connectivity index is 0.00000541. The molecule has 0 spiro atoms. The van der Waals surface area contributed by atoms with Crippen LogP contribution in [0.5, 0.6) is 0 Å². The van der Waals surface area contributed by atoms with Crippen LogP contribution in [-0.4, -0.2) is 117 Å². The first kappa shape index (κ1) is 42.3. The first-order chi connectivity index (χ1) is 22.3. The number of ether oxygens (including phenoxy) is 2. The summed E-state index contributed by atoms with van der Waals surface area (Å²) in [7, 11) is -5.25. The molecule has 5 rings (SSSR count). The first-order valence-corrected chi connectivity index (χ1v) is 19.3. The van der Waals surface area contributed by atoms with Crippen LogP contribution in [0, 0.1) is 52.3 Å². The number of fused-ring (bicyclic) bond motifs is 5. The van der Waals surface area contributed by atoms with E-state index in [9.17, 15) is 48.7 Å². The maximum atomic E-state index is 12.7. The van der Waals surface area contributed by atoms with Gasteiger partial charge >= 0.3 is 29.6 Å². The Bertz CT molecular complexity index is 1230. The van der Waals surface area contributed by atoms with Crippen LogP contribution in [-0.2, 0) is 24.1 Å². The third kappa shape index (κ3) is 7.86. The maximum Gasteiger partial charge on any atom is 1.00 e. The van der Waals surface area contributed by atoms with Gasteiger partial charge < -0.3 is 49.8 Å². The molecule has 1 heterocycles. The number of aliphatic hydroxyl groups is 7. The number of hydrogen-bond acceptors (Lipinski definition) is 13. The molecule has 13 nitrogen and oxygen atoms in total. The summed E-state index contributed by atoms with van der Waals surface area (Å²) in [5, 5.41) is 76.4. The van der Waals surface area contributed by atoms with E-state index in [1.165, 1.54) is 0 Å². The molecule has 0 radical (unpaired) electrons. The van der Waals surface area contributed by atoms with Crippen LogP contribution >= 0.6 is 0 Å². The zero-order chi connectivity index (χ0) is 35.6. The van der Waals surface area contributed by atoms with Gasteiger partial charge in [-0.05, 0) is 84.9 Å². The van der Waals surface area contributed by atoms with Gasteiger partial charge in [-0.25, -0.2) is 8.42 Å². The fraction of sp³-hybridized carbons (Fsp3) is 1.00. The summed E-state index contributed by atoms with van der Waals surface area (Å²) in [4.78, 5) is 0. The van der Waals surface area contributed by atoms with E-state index in [1.807, 2.05) is 27.7 Å². The van der Waals surface area contributed by atoms with Gasteiger partial charge in [-0.3, -0.25) is 4.18 Å². The molecule has 49 heavy (non-hydrogen) atoms. The molecule has 11 unspecified atom stereocenters. The maximum absolute atomic E-state index is 12.7. The van der Waals surface area contributed by atoms with Gasteiger partial charge in [0, 0.05) is 12.3 Å². The van der Waals surface area contributed by atoms with Gasteiger partial charge in [-0.1, -0.05) is 47.5 Å². The van der Waals surface area contributed by atoms with Crippen molar-refractivity contribution in [2.24, 2.45) is 52.3 Å². The summed E-state index contributed by atoms with van der Waals surface area (Å²) < 4.78 is 52.6. The molecule has 0 aromatic carbocycles. The van der Waals surface area contributed by atoms with Gasteiger partial charge in [0.1, 0.15) is 24.4 Å². The second-order valence-electron chi connectivity index (χ2n) is 16.6. The van der Waals surface area contributed by atoms with Crippen LogP contribution < -0.4 is 29.6 Å². The number of hydrogen-bond donors (Lipinski definition) is 7. The molecule has 0 aromatic heterocycles. The molecule has 5 aliphatic rings. The third-order valence-corrected chi connectivity index (χ3v) is 14.4. The summed E-state index contributed by atoms with van der Waals surface area (Å²) in [6.45, 7) is 10.2. The number of aliphatic hydroxyl groups excluding tert-OH is 6. The Labute approximate surface area is 313 Å². The second-order valence-corrected chi connectivity index (χ2v) is 17.7. The fourth-order valence-corrected chi connectivity index (χ4v) is 12.1. The van der Waals surface area contributed by atoms with Crippen LogP contribution in [0.4, 0.5) is 0 Å². The average molecular weight is 731 g/mol. The van der Waals surface area contributed by atoms with Crippen molar-refractivity contribution in [1.29, 1.82) is 0 Å². The molecule has 15 heteroatoms. The van der Waals surface area contributed by atoms with Gasteiger partial charge in [-0.2, -0.15) is 0 Å². The van der Waals surface area contributed by atoms with Crippen LogP contribution in [0.1, 0.15) is 92.4 Å². The predicted molar refractivity (Wildman–Crippen MR) is 170 cm³/mol. The summed E-state index contributed by atoms with van der Waals surface area (Å²) in [5.41, 5.74) is -2.92. The summed E-state index contributed by atoms with van der Waals surface area (Å²) in [6.07, 6.45) is -4.41. The minimum absolute atomic E-state index is 0. The van der Waals surface area contributed by atoms with Crippen molar-refractivity contribution in [3.63, 3.8) is 0 Å². The van der Waals surface area contributed by atoms with Gasteiger partial charge in [0.2, 0.25) is 10.4 Å². The largest absolute Gasteiger partial charge is 1.00 e. The van der Waals surface area contributed by atoms with E-state index in [-0.39, 0.29) is 78.8 Å². The summed E-state index contributed by atoms with van der Waals surface area (Å²) in [6, 6.07) is 0. The first-order valence-electron chi connectivity index (χ1n) is 18.0. The zero-order valence-corrected chi connectivity index (χ0v) is 32.7. The van der Waals surface area contributed by atoms with E-state index in [0.29, 0.717) is 38.5 Å². The van der Waals surface area contributed by atoms with Gasteiger partial charge in [0.15, 0.2) is 6.29 Å². The Morgan fingerprint density at radius 3 is 2.22 bits per heavy atom. The normalized spacial score (nSPS) is 48.8. The molecule has 1 aliphatic heterocycles. The standard InChI is InChI=1S/C34H60O13S.Na/c1-6-19(18(3)15-45-31-28(40)26(38)23(37)16-46-31)8-7-17(2)25-27(39)29(47-48(42,43)44)30-33(25,5)12-10-24-32(4)11-9-20(35)13-21(32)22(36)14-34(24,30)41;/h17-31,35-41H,6-16H2,1-5H3,(H,42,43,44);/q;+1/p-1/t17?,18?,19?,20-,21?,22+,23?,24?,25?,26?,27+,28?,29-,30?,31?,32-,33+,34-;/m0./s1. The van der Waals surface area contributed by atoms with E-state index in [0.717, 1.165) is 12.8 Å². The van der Waals surface area contributed by atoms with Crippen LogP contribution in [0.15, 0.2) is 0 Å². The molecule has 0 aromatic rings. The predicted octanol–water partition coefficient (Wildman–Crippen LogP) is -1.94. The van der Waals surface area contributed by atoms with E-state index in [4.69, 9.17) is 13.7 Å². The van der Waals surface area contributed by atoms with Crippen LogP contribution in [0.3, 0.4) is 0 Å². The van der Waals surface area contributed by atoms with E-state index >= 15 is 0 Å². The third-order valence-electron chi connectivity index (χ3n) is 13.9. The molecule has 7 N–H and O–H groups in total. The fourth-order valence-electron chi connectivity index (χ4n) is 11.6. The molecule has 4 saturated carbocycles. The zero-order valence-electron chi connectivity index (χ0n) is 29.9. The smallest absolute Gasteiger partial charge is 0.726 e. The molecule has 0 bridgehead atoms.